The van der Waals surface area contributed by atoms with Crippen LogP contribution in [0.5, 0.6) is 0 Å². The standard InChI is InChI=1S/C16H25FN2O/c1-11(18)7-13-8-14(17)5-6-15(13)19-9-12(2)20-16(3,4)10-19/h5-6,8,11-12H,7,9-10,18H2,1-4H3. The molecular weight excluding hydrogens is 255 g/mol. The molecule has 1 heterocycles. The van der Waals surface area contributed by atoms with E-state index in [-0.39, 0.29) is 23.6 Å². The molecule has 2 N–H and O–H groups in total. The Morgan fingerprint density at radius 3 is 2.80 bits per heavy atom. The first-order valence-electron chi connectivity index (χ1n) is 7.23. The second-order valence-electron chi connectivity index (χ2n) is 6.52. The number of anilines is 1. The number of rotatable bonds is 3. The van der Waals surface area contributed by atoms with Crippen LogP contribution >= 0.6 is 0 Å². The average Bonchev–Trinajstić information content (AvgIpc) is 2.24. The maximum Gasteiger partial charge on any atom is 0.123 e. The van der Waals surface area contributed by atoms with Gasteiger partial charge in [0.25, 0.3) is 0 Å². The van der Waals surface area contributed by atoms with E-state index in [0.717, 1.165) is 24.3 Å². The minimum atomic E-state index is -0.204. The van der Waals surface area contributed by atoms with Crippen LogP contribution in [0.25, 0.3) is 0 Å². The Labute approximate surface area is 120 Å². The highest BCUT2D eigenvalue weighted by Gasteiger charge is 2.32. The van der Waals surface area contributed by atoms with Crippen LogP contribution in [0.2, 0.25) is 0 Å². The van der Waals surface area contributed by atoms with Gasteiger partial charge in [-0.05, 0) is 57.9 Å². The van der Waals surface area contributed by atoms with Crippen molar-refractivity contribution in [2.24, 2.45) is 5.73 Å². The van der Waals surface area contributed by atoms with Gasteiger partial charge in [-0.15, -0.1) is 0 Å². The molecule has 1 aromatic rings. The molecule has 0 radical (unpaired) electrons. The monoisotopic (exact) mass is 280 g/mol. The molecule has 0 aromatic heterocycles. The predicted octanol–water partition coefficient (Wildman–Crippen LogP) is 2.72. The van der Waals surface area contributed by atoms with Crippen molar-refractivity contribution >= 4 is 5.69 Å². The van der Waals surface area contributed by atoms with E-state index in [1.165, 1.54) is 6.07 Å². The van der Waals surface area contributed by atoms with Gasteiger partial charge in [0.1, 0.15) is 5.82 Å². The van der Waals surface area contributed by atoms with Gasteiger partial charge in [0.05, 0.1) is 11.7 Å². The molecule has 1 aliphatic heterocycles. The van der Waals surface area contributed by atoms with Crippen LogP contribution < -0.4 is 10.6 Å². The number of hydrogen-bond acceptors (Lipinski definition) is 3. The number of ether oxygens (including phenoxy) is 1. The van der Waals surface area contributed by atoms with Gasteiger partial charge in [0.15, 0.2) is 0 Å². The highest BCUT2D eigenvalue weighted by Crippen LogP contribution is 2.29. The molecule has 0 aliphatic carbocycles. The molecule has 112 valence electrons. The Balaban J connectivity index is 2.31. The third kappa shape index (κ3) is 3.70. The van der Waals surface area contributed by atoms with E-state index in [2.05, 4.69) is 25.7 Å². The molecule has 1 saturated heterocycles. The van der Waals surface area contributed by atoms with Gasteiger partial charge < -0.3 is 15.4 Å². The third-order valence-corrected chi connectivity index (χ3v) is 3.49. The van der Waals surface area contributed by atoms with Crippen molar-refractivity contribution in [1.82, 2.24) is 0 Å². The number of halogens is 1. The molecule has 0 amide bonds. The first kappa shape index (κ1) is 15.3. The second kappa shape index (κ2) is 5.70. The van der Waals surface area contributed by atoms with Crippen molar-refractivity contribution in [3.8, 4) is 0 Å². The second-order valence-corrected chi connectivity index (χ2v) is 6.52. The zero-order chi connectivity index (χ0) is 14.9. The van der Waals surface area contributed by atoms with Gasteiger partial charge in [-0.1, -0.05) is 0 Å². The number of benzene rings is 1. The van der Waals surface area contributed by atoms with E-state index in [4.69, 9.17) is 10.5 Å². The number of morpholine rings is 1. The lowest BCUT2D eigenvalue weighted by atomic mass is 10.0. The lowest BCUT2D eigenvalue weighted by Crippen LogP contribution is -2.52. The molecule has 2 unspecified atom stereocenters. The van der Waals surface area contributed by atoms with E-state index < -0.39 is 0 Å². The zero-order valence-electron chi connectivity index (χ0n) is 12.8. The molecule has 0 bridgehead atoms. The summed E-state index contributed by atoms with van der Waals surface area (Å²) in [4.78, 5) is 2.28. The Hall–Kier alpha value is -1.13. The molecule has 1 aliphatic rings. The van der Waals surface area contributed by atoms with Crippen molar-refractivity contribution < 1.29 is 9.13 Å². The summed E-state index contributed by atoms with van der Waals surface area (Å²) in [5, 5.41) is 0. The number of hydrogen-bond donors (Lipinski definition) is 1. The summed E-state index contributed by atoms with van der Waals surface area (Å²) in [6.07, 6.45) is 0.839. The molecule has 0 saturated carbocycles. The fourth-order valence-electron chi connectivity index (χ4n) is 3.01. The normalized spacial score (nSPS) is 23.7. The van der Waals surface area contributed by atoms with Gasteiger partial charge in [0.2, 0.25) is 0 Å². The van der Waals surface area contributed by atoms with Crippen LogP contribution in [-0.2, 0) is 11.2 Å². The van der Waals surface area contributed by atoms with E-state index in [9.17, 15) is 4.39 Å². The van der Waals surface area contributed by atoms with Gasteiger partial charge in [-0.3, -0.25) is 0 Å². The van der Waals surface area contributed by atoms with E-state index in [0.29, 0.717) is 6.42 Å². The molecule has 2 atom stereocenters. The average molecular weight is 280 g/mol. The predicted molar refractivity (Wildman–Crippen MR) is 80.6 cm³/mol. The van der Waals surface area contributed by atoms with Gasteiger partial charge in [-0.2, -0.15) is 0 Å². The molecule has 3 nitrogen and oxygen atoms in total. The smallest absolute Gasteiger partial charge is 0.123 e. The highest BCUT2D eigenvalue weighted by atomic mass is 19.1. The van der Waals surface area contributed by atoms with E-state index >= 15 is 0 Å². The van der Waals surface area contributed by atoms with Crippen LogP contribution in [0.3, 0.4) is 0 Å². The van der Waals surface area contributed by atoms with Crippen LogP contribution in [0.15, 0.2) is 18.2 Å². The van der Waals surface area contributed by atoms with Crippen LogP contribution in [-0.4, -0.2) is 30.8 Å². The van der Waals surface area contributed by atoms with Crippen LogP contribution in [0.1, 0.15) is 33.3 Å². The first-order chi connectivity index (χ1) is 9.27. The molecule has 2 rings (SSSR count). The highest BCUT2D eigenvalue weighted by molar-refractivity contribution is 5.55. The molecule has 4 heteroatoms. The summed E-state index contributed by atoms with van der Waals surface area (Å²) < 4.78 is 19.4. The first-order valence-corrected chi connectivity index (χ1v) is 7.23. The van der Waals surface area contributed by atoms with E-state index in [1.54, 1.807) is 6.07 Å². The minimum absolute atomic E-state index is 0.0158. The van der Waals surface area contributed by atoms with Crippen molar-refractivity contribution in [3.63, 3.8) is 0 Å². The van der Waals surface area contributed by atoms with Gasteiger partial charge >= 0.3 is 0 Å². The summed E-state index contributed by atoms with van der Waals surface area (Å²) in [6, 6.07) is 5.00. The molecule has 0 spiro atoms. The fraction of sp³-hybridized carbons (Fsp3) is 0.625. The molecule has 20 heavy (non-hydrogen) atoms. The summed E-state index contributed by atoms with van der Waals surface area (Å²) >= 11 is 0. The third-order valence-electron chi connectivity index (χ3n) is 3.49. The van der Waals surface area contributed by atoms with Crippen molar-refractivity contribution in [3.05, 3.63) is 29.6 Å². The summed E-state index contributed by atoms with van der Waals surface area (Å²) in [7, 11) is 0. The van der Waals surface area contributed by atoms with Gasteiger partial charge in [-0.25, -0.2) is 4.39 Å². The Kier molecular flexibility index (Phi) is 4.35. The summed E-state index contributed by atoms with van der Waals surface area (Å²) in [5.74, 6) is -0.204. The maximum atomic E-state index is 13.5. The Morgan fingerprint density at radius 2 is 2.20 bits per heavy atom. The van der Waals surface area contributed by atoms with Gasteiger partial charge in [0, 0.05) is 24.8 Å². The molecular formula is C16H25FN2O. The number of nitrogens with two attached hydrogens (primary N) is 1. The quantitative estimate of drug-likeness (QED) is 0.925. The SMILES string of the molecule is CC(N)Cc1cc(F)ccc1N1CC(C)OC(C)(C)C1. The Morgan fingerprint density at radius 1 is 1.50 bits per heavy atom. The fourth-order valence-corrected chi connectivity index (χ4v) is 3.01. The minimum Gasteiger partial charge on any atom is -0.369 e. The van der Waals surface area contributed by atoms with Crippen molar-refractivity contribution in [2.45, 2.75) is 51.9 Å². The largest absolute Gasteiger partial charge is 0.369 e. The number of nitrogens with zero attached hydrogens (tertiary/aromatic N) is 1. The van der Waals surface area contributed by atoms with Crippen LogP contribution in [0.4, 0.5) is 10.1 Å². The van der Waals surface area contributed by atoms with Crippen molar-refractivity contribution in [2.75, 3.05) is 18.0 Å². The van der Waals surface area contributed by atoms with Crippen molar-refractivity contribution in [1.29, 1.82) is 0 Å². The lowest BCUT2D eigenvalue weighted by molar-refractivity contribution is -0.0750. The zero-order valence-corrected chi connectivity index (χ0v) is 12.8. The summed E-state index contributed by atoms with van der Waals surface area (Å²) in [6.45, 7) is 9.81. The topological polar surface area (TPSA) is 38.5 Å². The maximum absolute atomic E-state index is 13.5. The van der Waals surface area contributed by atoms with E-state index in [1.807, 2.05) is 13.0 Å². The lowest BCUT2D eigenvalue weighted by Gasteiger charge is -2.43. The molecule has 1 fully saturated rings. The summed E-state index contributed by atoms with van der Waals surface area (Å²) in [5.41, 5.74) is 7.74. The Bertz CT molecular complexity index is 474. The van der Waals surface area contributed by atoms with Crippen LogP contribution in [0, 0.1) is 5.82 Å². The molecule has 1 aromatic carbocycles.